The van der Waals surface area contributed by atoms with Crippen molar-refractivity contribution in [2.24, 2.45) is 0 Å². The Morgan fingerprint density at radius 1 is 1.00 bits per heavy atom. The summed E-state index contributed by atoms with van der Waals surface area (Å²) < 4.78 is 0. The standard InChI is InChI=1S/C18H20ClN3OS/c19-15-3-1-14(2-4-15)13-20-18(24)22-11-9-21(10-12-22)16-5-7-17(23)8-6-16/h1-8,23H,9-13H2,(H,20,24). The zero-order valence-corrected chi connectivity index (χ0v) is 14.9. The lowest BCUT2D eigenvalue weighted by Gasteiger charge is -2.37. The highest BCUT2D eigenvalue weighted by atomic mass is 35.5. The van der Waals surface area contributed by atoms with Gasteiger partial charge in [-0.05, 0) is 54.2 Å². The molecule has 6 heteroatoms. The van der Waals surface area contributed by atoms with Crippen LogP contribution in [-0.4, -0.2) is 41.3 Å². The number of benzene rings is 2. The van der Waals surface area contributed by atoms with Crippen LogP contribution in [-0.2, 0) is 6.54 Å². The van der Waals surface area contributed by atoms with Gasteiger partial charge in [-0.1, -0.05) is 23.7 Å². The van der Waals surface area contributed by atoms with Gasteiger partial charge >= 0.3 is 0 Å². The molecule has 0 aliphatic carbocycles. The highest BCUT2D eigenvalue weighted by molar-refractivity contribution is 7.80. The second-order valence-electron chi connectivity index (χ2n) is 5.78. The summed E-state index contributed by atoms with van der Waals surface area (Å²) in [5.74, 6) is 0.296. The van der Waals surface area contributed by atoms with Crippen LogP contribution in [0.4, 0.5) is 5.69 Å². The molecule has 0 saturated carbocycles. The van der Waals surface area contributed by atoms with Gasteiger partial charge < -0.3 is 20.2 Å². The van der Waals surface area contributed by atoms with Crippen molar-refractivity contribution in [2.45, 2.75) is 6.54 Å². The first-order valence-electron chi connectivity index (χ1n) is 7.93. The Morgan fingerprint density at radius 3 is 2.25 bits per heavy atom. The third-order valence-corrected chi connectivity index (χ3v) is 4.79. The molecule has 2 N–H and O–H groups in total. The Morgan fingerprint density at radius 2 is 1.62 bits per heavy atom. The molecule has 1 fully saturated rings. The molecule has 24 heavy (non-hydrogen) atoms. The van der Waals surface area contributed by atoms with Crippen LogP contribution in [0.3, 0.4) is 0 Å². The SMILES string of the molecule is Oc1ccc(N2CCN(C(=S)NCc3ccc(Cl)cc3)CC2)cc1. The largest absolute Gasteiger partial charge is 0.508 e. The van der Waals surface area contributed by atoms with Gasteiger partial charge in [0, 0.05) is 43.4 Å². The summed E-state index contributed by atoms with van der Waals surface area (Å²) in [5, 5.41) is 14.2. The zero-order chi connectivity index (χ0) is 16.9. The number of aromatic hydroxyl groups is 1. The van der Waals surface area contributed by atoms with Gasteiger partial charge in [0.25, 0.3) is 0 Å². The molecule has 1 aliphatic rings. The third kappa shape index (κ3) is 4.30. The number of piperazine rings is 1. The number of halogens is 1. The van der Waals surface area contributed by atoms with E-state index in [0.29, 0.717) is 12.3 Å². The molecule has 0 atom stereocenters. The topological polar surface area (TPSA) is 38.7 Å². The number of rotatable bonds is 3. The van der Waals surface area contributed by atoms with Gasteiger partial charge in [0.15, 0.2) is 5.11 Å². The molecule has 1 aliphatic heterocycles. The second-order valence-corrected chi connectivity index (χ2v) is 6.60. The van der Waals surface area contributed by atoms with Gasteiger partial charge in [0.1, 0.15) is 5.75 Å². The molecule has 0 bridgehead atoms. The normalized spacial score (nSPS) is 14.5. The summed E-state index contributed by atoms with van der Waals surface area (Å²) in [6.45, 7) is 4.29. The minimum Gasteiger partial charge on any atom is -0.508 e. The van der Waals surface area contributed by atoms with Gasteiger partial charge in [0.05, 0.1) is 0 Å². The van der Waals surface area contributed by atoms with Gasteiger partial charge in [-0.2, -0.15) is 0 Å². The zero-order valence-electron chi connectivity index (χ0n) is 13.3. The maximum absolute atomic E-state index is 9.38. The van der Waals surface area contributed by atoms with Crippen molar-refractivity contribution in [3.63, 3.8) is 0 Å². The van der Waals surface area contributed by atoms with Crippen molar-refractivity contribution < 1.29 is 5.11 Å². The summed E-state index contributed by atoms with van der Waals surface area (Å²) in [4.78, 5) is 4.50. The smallest absolute Gasteiger partial charge is 0.169 e. The number of nitrogens with zero attached hydrogens (tertiary/aromatic N) is 2. The van der Waals surface area contributed by atoms with Crippen LogP contribution < -0.4 is 10.2 Å². The third-order valence-electron chi connectivity index (χ3n) is 4.14. The quantitative estimate of drug-likeness (QED) is 0.821. The van der Waals surface area contributed by atoms with Crippen molar-refractivity contribution in [3.8, 4) is 5.75 Å². The van der Waals surface area contributed by atoms with E-state index < -0.39 is 0 Å². The molecule has 1 saturated heterocycles. The molecule has 4 nitrogen and oxygen atoms in total. The lowest BCUT2D eigenvalue weighted by atomic mass is 10.2. The summed E-state index contributed by atoms with van der Waals surface area (Å²) in [6.07, 6.45) is 0. The number of anilines is 1. The average Bonchev–Trinajstić information content (AvgIpc) is 2.62. The fourth-order valence-corrected chi connectivity index (χ4v) is 3.10. The van der Waals surface area contributed by atoms with Crippen LogP contribution in [0.1, 0.15) is 5.56 Å². The number of phenols is 1. The number of nitrogens with one attached hydrogen (secondary N) is 1. The van der Waals surface area contributed by atoms with Crippen LogP contribution in [0.25, 0.3) is 0 Å². The van der Waals surface area contributed by atoms with Crippen molar-refractivity contribution in [2.75, 3.05) is 31.1 Å². The average molecular weight is 362 g/mol. The highest BCUT2D eigenvalue weighted by Gasteiger charge is 2.19. The number of hydrogen-bond donors (Lipinski definition) is 2. The molecule has 1 heterocycles. The van der Waals surface area contributed by atoms with Gasteiger partial charge in [-0.3, -0.25) is 0 Å². The van der Waals surface area contributed by atoms with Gasteiger partial charge in [0.2, 0.25) is 0 Å². The molecule has 0 spiro atoms. The maximum atomic E-state index is 9.38. The Labute approximate surface area is 152 Å². The first-order valence-corrected chi connectivity index (χ1v) is 8.71. The van der Waals surface area contributed by atoms with Gasteiger partial charge in [-0.25, -0.2) is 0 Å². The Hall–Kier alpha value is -1.98. The van der Waals surface area contributed by atoms with E-state index >= 15 is 0 Å². The summed E-state index contributed by atoms with van der Waals surface area (Å²) in [7, 11) is 0. The summed E-state index contributed by atoms with van der Waals surface area (Å²) in [6, 6.07) is 15.1. The van der Waals surface area contributed by atoms with Crippen molar-refractivity contribution >= 4 is 34.6 Å². The van der Waals surface area contributed by atoms with E-state index in [1.165, 1.54) is 0 Å². The van der Waals surface area contributed by atoms with Gasteiger partial charge in [-0.15, -0.1) is 0 Å². The molecule has 2 aromatic carbocycles. The first kappa shape index (κ1) is 16.9. The minimum absolute atomic E-state index is 0.296. The molecule has 2 aromatic rings. The summed E-state index contributed by atoms with van der Waals surface area (Å²) in [5.41, 5.74) is 2.29. The Balaban J connectivity index is 1.48. The van der Waals surface area contributed by atoms with E-state index in [-0.39, 0.29) is 0 Å². The molecule has 0 amide bonds. The highest BCUT2D eigenvalue weighted by Crippen LogP contribution is 2.19. The van der Waals surface area contributed by atoms with Crippen molar-refractivity contribution in [1.82, 2.24) is 10.2 Å². The minimum atomic E-state index is 0.296. The van der Waals surface area contributed by atoms with Crippen LogP contribution in [0.2, 0.25) is 5.02 Å². The molecule has 0 aromatic heterocycles. The van der Waals surface area contributed by atoms with Crippen molar-refractivity contribution in [1.29, 1.82) is 0 Å². The number of hydrogen-bond acceptors (Lipinski definition) is 3. The molecule has 0 radical (unpaired) electrons. The van der Waals surface area contributed by atoms with E-state index in [4.69, 9.17) is 23.8 Å². The number of thiocarbonyl (C=S) groups is 1. The van der Waals surface area contributed by atoms with E-state index in [0.717, 1.165) is 47.6 Å². The molecule has 0 unspecified atom stereocenters. The van der Waals surface area contributed by atoms with E-state index in [2.05, 4.69) is 15.1 Å². The molecular weight excluding hydrogens is 342 g/mol. The fraction of sp³-hybridized carbons (Fsp3) is 0.278. The molecule has 126 valence electrons. The maximum Gasteiger partial charge on any atom is 0.169 e. The van der Waals surface area contributed by atoms with Crippen molar-refractivity contribution in [3.05, 3.63) is 59.1 Å². The van der Waals surface area contributed by atoms with Crippen LogP contribution in [0.15, 0.2) is 48.5 Å². The first-order chi connectivity index (χ1) is 11.6. The lowest BCUT2D eigenvalue weighted by molar-refractivity contribution is 0.380. The predicted octanol–water partition coefficient (Wildman–Crippen LogP) is 3.24. The predicted molar refractivity (Wildman–Crippen MR) is 103 cm³/mol. The van der Waals surface area contributed by atoms with E-state index in [1.807, 2.05) is 36.4 Å². The van der Waals surface area contributed by atoms with Crippen LogP contribution in [0.5, 0.6) is 5.75 Å². The summed E-state index contributed by atoms with van der Waals surface area (Å²) >= 11 is 11.4. The lowest BCUT2D eigenvalue weighted by Crippen LogP contribution is -2.51. The Bertz CT molecular complexity index is 682. The van der Waals surface area contributed by atoms with Crippen LogP contribution in [0, 0.1) is 0 Å². The Kier molecular flexibility index (Phi) is 5.43. The monoisotopic (exact) mass is 361 g/mol. The molecular formula is C18H20ClN3OS. The van der Waals surface area contributed by atoms with Crippen LogP contribution >= 0.6 is 23.8 Å². The van der Waals surface area contributed by atoms with E-state index in [1.54, 1.807) is 12.1 Å². The molecule has 3 rings (SSSR count). The second kappa shape index (κ2) is 7.73. The van der Waals surface area contributed by atoms with E-state index in [9.17, 15) is 5.11 Å². The number of phenolic OH excluding ortho intramolecular Hbond substituents is 1. The fourth-order valence-electron chi connectivity index (χ4n) is 2.72.